The minimum atomic E-state index is 0.671. The lowest BCUT2D eigenvalue weighted by atomic mass is 9.98. The minimum Gasteiger partial charge on any atom is -0.493 e. The molecule has 3 heterocycles. The second-order valence-corrected chi connectivity index (χ2v) is 6.88. The molecule has 1 aromatic carbocycles. The van der Waals surface area contributed by atoms with Crippen molar-refractivity contribution < 1.29 is 9.47 Å². The van der Waals surface area contributed by atoms with E-state index in [0.29, 0.717) is 5.92 Å². The Morgan fingerprint density at radius 1 is 1.08 bits per heavy atom. The first kappa shape index (κ1) is 16.8. The van der Waals surface area contributed by atoms with Gasteiger partial charge in [-0.3, -0.25) is 4.90 Å². The molecule has 0 aliphatic carbocycles. The first-order chi connectivity index (χ1) is 12.7. The van der Waals surface area contributed by atoms with Gasteiger partial charge in [0.2, 0.25) is 0 Å². The molecule has 6 heteroatoms. The second kappa shape index (κ2) is 7.33. The summed E-state index contributed by atoms with van der Waals surface area (Å²) in [6.07, 6.45) is 5.87. The number of pyridine rings is 1. The van der Waals surface area contributed by atoms with E-state index in [1.54, 1.807) is 25.1 Å². The quantitative estimate of drug-likeness (QED) is 0.683. The maximum absolute atomic E-state index is 5.42. The van der Waals surface area contributed by atoms with Crippen LogP contribution in [0, 0.1) is 5.92 Å². The van der Waals surface area contributed by atoms with E-state index in [4.69, 9.17) is 9.47 Å². The molecule has 1 fully saturated rings. The summed E-state index contributed by atoms with van der Waals surface area (Å²) in [5, 5.41) is 4.15. The van der Waals surface area contributed by atoms with Crippen molar-refractivity contribution in [3.05, 3.63) is 54.0 Å². The SMILES string of the molecule is COc1ccc(CC2CCN(Cc3ccn4ncnc4c3)C2)cc1OC. The molecule has 3 aromatic rings. The molecule has 1 aliphatic heterocycles. The molecule has 0 N–H and O–H groups in total. The van der Waals surface area contributed by atoms with E-state index < -0.39 is 0 Å². The molecule has 0 radical (unpaired) electrons. The maximum atomic E-state index is 5.42. The Morgan fingerprint density at radius 3 is 2.81 bits per heavy atom. The molecule has 4 rings (SSSR count). The van der Waals surface area contributed by atoms with Crippen LogP contribution < -0.4 is 9.47 Å². The third kappa shape index (κ3) is 3.51. The highest BCUT2D eigenvalue weighted by Crippen LogP contribution is 2.30. The van der Waals surface area contributed by atoms with Crippen LogP contribution in [0.2, 0.25) is 0 Å². The highest BCUT2D eigenvalue weighted by atomic mass is 16.5. The van der Waals surface area contributed by atoms with Crippen LogP contribution in [-0.4, -0.2) is 46.8 Å². The molecule has 6 nitrogen and oxygen atoms in total. The van der Waals surface area contributed by atoms with Gasteiger partial charge in [-0.2, -0.15) is 5.10 Å². The van der Waals surface area contributed by atoms with Gasteiger partial charge >= 0.3 is 0 Å². The molecule has 26 heavy (non-hydrogen) atoms. The van der Waals surface area contributed by atoms with Crippen LogP contribution in [-0.2, 0) is 13.0 Å². The molecular formula is C20H24N4O2. The molecular weight excluding hydrogens is 328 g/mol. The zero-order chi connectivity index (χ0) is 17.9. The van der Waals surface area contributed by atoms with Crippen molar-refractivity contribution in [2.75, 3.05) is 27.3 Å². The van der Waals surface area contributed by atoms with Crippen molar-refractivity contribution in [3.8, 4) is 11.5 Å². The van der Waals surface area contributed by atoms with E-state index in [9.17, 15) is 0 Å². The van der Waals surface area contributed by atoms with Crippen molar-refractivity contribution in [2.24, 2.45) is 5.92 Å². The molecule has 0 amide bonds. The van der Waals surface area contributed by atoms with Gasteiger partial charge in [-0.25, -0.2) is 9.50 Å². The Kier molecular flexibility index (Phi) is 4.75. The van der Waals surface area contributed by atoms with Crippen LogP contribution in [0.25, 0.3) is 5.65 Å². The van der Waals surface area contributed by atoms with Crippen molar-refractivity contribution in [2.45, 2.75) is 19.4 Å². The Hall–Kier alpha value is -2.60. The number of fused-ring (bicyclic) bond motifs is 1. The Bertz CT molecular complexity index is 892. The average Bonchev–Trinajstić information content (AvgIpc) is 3.30. The van der Waals surface area contributed by atoms with E-state index in [0.717, 1.165) is 43.2 Å². The smallest absolute Gasteiger partial charge is 0.160 e. The fourth-order valence-electron chi connectivity index (χ4n) is 3.78. The first-order valence-electron chi connectivity index (χ1n) is 8.96. The Morgan fingerprint density at radius 2 is 1.96 bits per heavy atom. The fourth-order valence-corrected chi connectivity index (χ4v) is 3.78. The first-order valence-corrected chi connectivity index (χ1v) is 8.96. The number of benzene rings is 1. The summed E-state index contributed by atoms with van der Waals surface area (Å²) in [5.41, 5.74) is 3.50. The molecule has 1 saturated heterocycles. The maximum Gasteiger partial charge on any atom is 0.160 e. The summed E-state index contributed by atoms with van der Waals surface area (Å²) in [6, 6.07) is 10.5. The standard InChI is InChI=1S/C20H24N4O2/c1-25-18-4-3-15(10-19(18)26-2)9-16-5-7-23(12-16)13-17-6-8-24-20(11-17)21-14-22-24/h3-4,6,8,10-11,14,16H,5,7,9,12-13H2,1-2H3. The van der Waals surface area contributed by atoms with Crippen LogP contribution >= 0.6 is 0 Å². The van der Waals surface area contributed by atoms with E-state index in [1.165, 1.54) is 17.5 Å². The van der Waals surface area contributed by atoms with Crippen LogP contribution in [0.4, 0.5) is 0 Å². The third-order valence-corrected chi connectivity index (χ3v) is 5.09. The lowest BCUT2D eigenvalue weighted by Crippen LogP contribution is -2.20. The predicted octanol–water partition coefficient (Wildman–Crippen LogP) is 2.81. The van der Waals surface area contributed by atoms with Gasteiger partial charge in [-0.05, 0) is 60.7 Å². The summed E-state index contributed by atoms with van der Waals surface area (Å²) < 4.78 is 12.5. The number of rotatable bonds is 6. The summed E-state index contributed by atoms with van der Waals surface area (Å²) in [6.45, 7) is 3.22. The number of nitrogens with zero attached hydrogens (tertiary/aromatic N) is 4. The van der Waals surface area contributed by atoms with Crippen LogP contribution in [0.15, 0.2) is 42.9 Å². The monoisotopic (exact) mass is 352 g/mol. The molecule has 1 aliphatic rings. The highest BCUT2D eigenvalue weighted by molar-refractivity contribution is 5.43. The Balaban J connectivity index is 1.37. The van der Waals surface area contributed by atoms with Crippen LogP contribution in [0.5, 0.6) is 11.5 Å². The number of hydrogen-bond acceptors (Lipinski definition) is 5. The molecule has 136 valence electrons. The predicted molar refractivity (Wildman–Crippen MR) is 99.6 cm³/mol. The summed E-state index contributed by atoms with van der Waals surface area (Å²) in [5.74, 6) is 2.26. The van der Waals surface area contributed by atoms with Gasteiger partial charge < -0.3 is 9.47 Å². The molecule has 0 saturated carbocycles. The third-order valence-electron chi connectivity index (χ3n) is 5.09. The van der Waals surface area contributed by atoms with Gasteiger partial charge in [0.25, 0.3) is 0 Å². The minimum absolute atomic E-state index is 0.671. The molecule has 1 unspecified atom stereocenters. The zero-order valence-corrected chi connectivity index (χ0v) is 15.3. The average molecular weight is 352 g/mol. The van der Waals surface area contributed by atoms with Crippen molar-refractivity contribution in [3.63, 3.8) is 0 Å². The zero-order valence-electron chi connectivity index (χ0n) is 15.3. The van der Waals surface area contributed by atoms with Gasteiger partial charge in [0.05, 0.1) is 14.2 Å². The van der Waals surface area contributed by atoms with E-state index in [-0.39, 0.29) is 0 Å². The lowest BCUT2D eigenvalue weighted by Gasteiger charge is -2.16. The number of aromatic nitrogens is 3. The number of ether oxygens (including phenoxy) is 2. The fraction of sp³-hybridized carbons (Fsp3) is 0.400. The van der Waals surface area contributed by atoms with Crippen molar-refractivity contribution >= 4 is 5.65 Å². The van der Waals surface area contributed by atoms with Crippen molar-refractivity contribution in [1.29, 1.82) is 0 Å². The Labute approximate surface area is 153 Å². The molecule has 0 bridgehead atoms. The number of methoxy groups -OCH3 is 2. The van der Waals surface area contributed by atoms with Gasteiger partial charge in [0.15, 0.2) is 17.1 Å². The van der Waals surface area contributed by atoms with Crippen molar-refractivity contribution in [1.82, 2.24) is 19.5 Å². The van der Waals surface area contributed by atoms with E-state index >= 15 is 0 Å². The highest BCUT2D eigenvalue weighted by Gasteiger charge is 2.23. The molecule has 2 aromatic heterocycles. The van der Waals surface area contributed by atoms with Gasteiger partial charge in [-0.15, -0.1) is 0 Å². The van der Waals surface area contributed by atoms with E-state index in [1.807, 2.05) is 12.3 Å². The number of hydrogen-bond donors (Lipinski definition) is 0. The molecule has 0 spiro atoms. The van der Waals surface area contributed by atoms with Crippen LogP contribution in [0.3, 0.4) is 0 Å². The van der Waals surface area contributed by atoms with E-state index in [2.05, 4.69) is 39.2 Å². The normalized spacial score (nSPS) is 17.7. The van der Waals surface area contributed by atoms with Gasteiger partial charge in [-0.1, -0.05) is 6.07 Å². The summed E-state index contributed by atoms with van der Waals surface area (Å²) >= 11 is 0. The topological polar surface area (TPSA) is 51.9 Å². The second-order valence-electron chi connectivity index (χ2n) is 6.88. The molecule has 1 atom stereocenters. The van der Waals surface area contributed by atoms with Gasteiger partial charge in [0.1, 0.15) is 6.33 Å². The largest absolute Gasteiger partial charge is 0.493 e. The van der Waals surface area contributed by atoms with Gasteiger partial charge in [0, 0.05) is 19.3 Å². The summed E-state index contributed by atoms with van der Waals surface area (Å²) in [4.78, 5) is 6.79. The van der Waals surface area contributed by atoms with Crippen LogP contribution in [0.1, 0.15) is 17.5 Å². The number of likely N-dealkylation sites (tertiary alicyclic amines) is 1. The summed E-state index contributed by atoms with van der Waals surface area (Å²) in [7, 11) is 3.36. The lowest BCUT2D eigenvalue weighted by molar-refractivity contribution is 0.316.